The van der Waals surface area contributed by atoms with Crippen molar-refractivity contribution in [2.75, 3.05) is 11.5 Å². The highest BCUT2D eigenvalue weighted by Crippen LogP contribution is 2.08. The maximum absolute atomic E-state index is 11.0. The number of hydrogen-bond donors (Lipinski definition) is 0. The van der Waals surface area contributed by atoms with E-state index in [0.29, 0.717) is 0 Å². The summed E-state index contributed by atoms with van der Waals surface area (Å²) in [6, 6.07) is 0. The SMILES string of the molecule is CCSCC(=O)C(=O)OOC(C)(C)C. The second-order valence-electron chi connectivity index (χ2n) is 3.63. The summed E-state index contributed by atoms with van der Waals surface area (Å²) in [5.74, 6) is -0.566. The number of carbonyl (C=O) groups excluding carboxylic acids is 2. The minimum absolute atomic E-state index is 0.142. The first-order valence-corrected chi connectivity index (χ1v) is 5.53. The van der Waals surface area contributed by atoms with Crippen molar-refractivity contribution in [3.8, 4) is 0 Å². The lowest BCUT2D eigenvalue weighted by atomic mass is 10.2. The molecule has 0 N–H and O–H groups in total. The molecule has 0 amide bonds. The van der Waals surface area contributed by atoms with Gasteiger partial charge in [-0.25, -0.2) is 4.79 Å². The van der Waals surface area contributed by atoms with Crippen LogP contribution in [-0.2, 0) is 19.4 Å². The molecular formula is C9H16O4S. The number of ketones is 1. The Hall–Kier alpha value is -0.550. The molecule has 5 heteroatoms. The van der Waals surface area contributed by atoms with Crippen molar-refractivity contribution in [2.45, 2.75) is 33.3 Å². The maximum Gasteiger partial charge on any atom is 0.409 e. The molecule has 0 spiro atoms. The van der Waals surface area contributed by atoms with Crippen molar-refractivity contribution >= 4 is 23.5 Å². The van der Waals surface area contributed by atoms with E-state index in [1.807, 2.05) is 6.92 Å². The third-order valence-corrected chi connectivity index (χ3v) is 1.91. The summed E-state index contributed by atoms with van der Waals surface area (Å²) < 4.78 is 0. The molecule has 0 fully saturated rings. The van der Waals surface area contributed by atoms with Gasteiger partial charge in [-0.15, -0.1) is 0 Å². The zero-order valence-electron chi connectivity index (χ0n) is 8.96. The normalized spacial score (nSPS) is 11.1. The molecule has 0 atom stereocenters. The first-order valence-electron chi connectivity index (χ1n) is 4.37. The summed E-state index contributed by atoms with van der Waals surface area (Å²) in [6.45, 7) is 7.09. The summed E-state index contributed by atoms with van der Waals surface area (Å²) in [5.41, 5.74) is -0.589. The Labute approximate surface area is 88.3 Å². The van der Waals surface area contributed by atoms with Crippen molar-refractivity contribution in [2.24, 2.45) is 0 Å². The van der Waals surface area contributed by atoms with Crippen LogP contribution >= 0.6 is 11.8 Å². The zero-order valence-corrected chi connectivity index (χ0v) is 9.77. The van der Waals surface area contributed by atoms with Crippen LogP contribution in [0.15, 0.2) is 0 Å². The number of hydrogen-bond acceptors (Lipinski definition) is 5. The molecule has 0 bridgehead atoms. The molecule has 82 valence electrons. The summed E-state index contributed by atoms with van der Waals surface area (Å²) >= 11 is 1.37. The minimum atomic E-state index is -0.930. The van der Waals surface area contributed by atoms with Crippen LogP contribution in [0.5, 0.6) is 0 Å². The quantitative estimate of drug-likeness (QED) is 0.400. The lowest BCUT2D eigenvalue weighted by Crippen LogP contribution is -2.26. The number of carbonyl (C=O) groups is 2. The van der Waals surface area contributed by atoms with Gasteiger partial charge in [-0.05, 0) is 26.5 Å². The molecule has 0 saturated heterocycles. The first kappa shape index (κ1) is 13.4. The lowest BCUT2D eigenvalue weighted by Gasteiger charge is -2.15. The number of Topliss-reactive ketones (excluding diaryl/α,β-unsaturated/α-hetero) is 1. The van der Waals surface area contributed by atoms with Gasteiger partial charge in [0.2, 0.25) is 0 Å². The van der Waals surface area contributed by atoms with Crippen LogP contribution in [0.3, 0.4) is 0 Å². The number of thioether (sulfide) groups is 1. The first-order chi connectivity index (χ1) is 6.37. The van der Waals surface area contributed by atoms with Gasteiger partial charge in [-0.1, -0.05) is 6.92 Å². The highest BCUT2D eigenvalue weighted by atomic mass is 32.2. The Morgan fingerprint density at radius 3 is 2.29 bits per heavy atom. The molecule has 0 aliphatic rings. The predicted molar refractivity (Wildman–Crippen MR) is 54.9 cm³/mol. The van der Waals surface area contributed by atoms with Crippen LogP contribution in [0, 0.1) is 0 Å². The predicted octanol–water partition coefficient (Wildman–Crippen LogP) is 1.58. The van der Waals surface area contributed by atoms with Gasteiger partial charge < -0.3 is 0 Å². The van der Waals surface area contributed by atoms with E-state index in [9.17, 15) is 9.59 Å². The van der Waals surface area contributed by atoms with Crippen LogP contribution in [0.4, 0.5) is 0 Å². The molecule has 0 heterocycles. The van der Waals surface area contributed by atoms with Crippen LogP contribution in [-0.4, -0.2) is 28.9 Å². The monoisotopic (exact) mass is 220 g/mol. The van der Waals surface area contributed by atoms with Gasteiger partial charge in [-0.3, -0.25) is 9.68 Å². The van der Waals surface area contributed by atoms with E-state index < -0.39 is 17.4 Å². The average Bonchev–Trinajstić information content (AvgIpc) is 2.09. The molecule has 0 aliphatic heterocycles. The standard InChI is InChI=1S/C9H16O4S/c1-5-14-6-7(10)8(11)12-13-9(2,3)4/h5-6H2,1-4H3. The molecule has 0 unspecified atom stereocenters. The van der Waals surface area contributed by atoms with Crippen molar-refractivity contribution < 1.29 is 19.4 Å². The lowest BCUT2D eigenvalue weighted by molar-refractivity contribution is -0.317. The largest absolute Gasteiger partial charge is 0.409 e. The molecular weight excluding hydrogens is 204 g/mol. The Morgan fingerprint density at radius 1 is 1.29 bits per heavy atom. The molecule has 14 heavy (non-hydrogen) atoms. The Morgan fingerprint density at radius 2 is 1.86 bits per heavy atom. The van der Waals surface area contributed by atoms with Gasteiger partial charge >= 0.3 is 5.97 Å². The molecule has 0 aromatic heterocycles. The summed E-state index contributed by atoms with van der Waals surface area (Å²) in [4.78, 5) is 31.1. The molecule has 0 saturated carbocycles. The van der Waals surface area contributed by atoms with Crippen LogP contribution in [0.2, 0.25) is 0 Å². The van der Waals surface area contributed by atoms with E-state index in [0.717, 1.165) is 5.75 Å². The highest BCUT2D eigenvalue weighted by molar-refractivity contribution is 8.00. The Bertz CT molecular complexity index is 207. The number of rotatable bonds is 5. The van der Waals surface area contributed by atoms with E-state index >= 15 is 0 Å². The molecule has 0 aromatic carbocycles. The van der Waals surface area contributed by atoms with Gasteiger partial charge in [-0.2, -0.15) is 16.6 Å². The fourth-order valence-electron chi connectivity index (χ4n) is 0.463. The fourth-order valence-corrected chi connectivity index (χ4v) is 0.970. The topological polar surface area (TPSA) is 52.6 Å². The Kier molecular flexibility index (Phi) is 5.79. The molecule has 4 nitrogen and oxygen atoms in total. The van der Waals surface area contributed by atoms with Crippen molar-refractivity contribution in [1.29, 1.82) is 0 Å². The van der Waals surface area contributed by atoms with Crippen molar-refractivity contribution in [3.05, 3.63) is 0 Å². The van der Waals surface area contributed by atoms with Gasteiger partial charge in [0.1, 0.15) is 5.60 Å². The van der Waals surface area contributed by atoms with E-state index in [-0.39, 0.29) is 5.75 Å². The van der Waals surface area contributed by atoms with E-state index in [1.54, 1.807) is 20.8 Å². The van der Waals surface area contributed by atoms with E-state index in [4.69, 9.17) is 4.89 Å². The summed E-state index contributed by atoms with van der Waals surface area (Å²) in [7, 11) is 0. The van der Waals surface area contributed by atoms with E-state index in [2.05, 4.69) is 4.89 Å². The average molecular weight is 220 g/mol. The second kappa shape index (κ2) is 6.03. The smallest absolute Gasteiger partial charge is 0.289 e. The molecule has 0 aliphatic carbocycles. The summed E-state index contributed by atoms with van der Waals surface area (Å²) in [6.07, 6.45) is 0. The van der Waals surface area contributed by atoms with Crippen LogP contribution in [0.25, 0.3) is 0 Å². The Balaban J connectivity index is 3.79. The van der Waals surface area contributed by atoms with Gasteiger partial charge in [0, 0.05) is 0 Å². The van der Waals surface area contributed by atoms with Crippen molar-refractivity contribution in [3.63, 3.8) is 0 Å². The zero-order chi connectivity index (χ0) is 11.2. The third kappa shape index (κ3) is 6.91. The van der Waals surface area contributed by atoms with Crippen LogP contribution in [0.1, 0.15) is 27.7 Å². The van der Waals surface area contributed by atoms with Gasteiger partial charge in [0.05, 0.1) is 5.75 Å². The minimum Gasteiger partial charge on any atom is -0.289 e. The summed E-state index contributed by atoms with van der Waals surface area (Å²) in [5, 5.41) is 0. The van der Waals surface area contributed by atoms with E-state index in [1.165, 1.54) is 11.8 Å². The van der Waals surface area contributed by atoms with Crippen molar-refractivity contribution in [1.82, 2.24) is 0 Å². The third-order valence-electron chi connectivity index (χ3n) is 1.03. The van der Waals surface area contributed by atoms with Gasteiger partial charge in [0.15, 0.2) is 0 Å². The molecule has 0 aromatic rings. The van der Waals surface area contributed by atoms with Gasteiger partial charge in [0.25, 0.3) is 5.78 Å². The molecule has 0 rings (SSSR count). The maximum atomic E-state index is 11.0. The fraction of sp³-hybridized carbons (Fsp3) is 0.778. The highest BCUT2D eigenvalue weighted by Gasteiger charge is 2.20. The second-order valence-corrected chi connectivity index (χ2v) is 4.90. The van der Waals surface area contributed by atoms with Crippen LogP contribution < -0.4 is 0 Å². The molecule has 0 radical (unpaired) electrons.